The Kier molecular flexibility index (Phi) is 3.43. The standard InChI is InChI=1S/C11H10N2O3S/c1-17-6-9-12-10(16-13-9)7-3-2-4-8(5-7)11(14)15/h2-5H,6H2,1H3,(H,14,15). The Morgan fingerprint density at radius 3 is 3.06 bits per heavy atom. The minimum Gasteiger partial charge on any atom is -0.478 e. The summed E-state index contributed by atoms with van der Waals surface area (Å²) in [7, 11) is 0. The second-order valence-corrected chi connectivity index (χ2v) is 4.20. The van der Waals surface area contributed by atoms with Gasteiger partial charge in [0.25, 0.3) is 5.89 Å². The summed E-state index contributed by atoms with van der Waals surface area (Å²) < 4.78 is 5.07. The van der Waals surface area contributed by atoms with Gasteiger partial charge in [-0.25, -0.2) is 4.79 Å². The lowest BCUT2D eigenvalue weighted by atomic mass is 10.1. The molecular weight excluding hydrogens is 240 g/mol. The molecule has 0 fully saturated rings. The van der Waals surface area contributed by atoms with Crippen LogP contribution in [0.2, 0.25) is 0 Å². The third kappa shape index (κ3) is 2.65. The molecule has 0 aliphatic heterocycles. The van der Waals surface area contributed by atoms with Crippen molar-refractivity contribution >= 4 is 17.7 Å². The van der Waals surface area contributed by atoms with E-state index in [0.717, 1.165) is 0 Å². The van der Waals surface area contributed by atoms with Crippen LogP contribution < -0.4 is 0 Å². The molecule has 0 spiro atoms. The highest BCUT2D eigenvalue weighted by molar-refractivity contribution is 7.97. The monoisotopic (exact) mass is 250 g/mol. The van der Waals surface area contributed by atoms with Gasteiger partial charge in [0.05, 0.1) is 11.3 Å². The zero-order valence-electron chi connectivity index (χ0n) is 9.08. The van der Waals surface area contributed by atoms with Gasteiger partial charge >= 0.3 is 5.97 Å². The SMILES string of the molecule is CSCc1noc(-c2cccc(C(=O)O)c2)n1. The average molecular weight is 250 g/mol. The molecule has 0 aliphatic rings. The number of rotatable bonds is 4. The largest absolute Gasteiger partial charge is 0.478 e. The first kappa shape index (κ1) is 11.7. The molecule has 5 nitrogen and oxygen atoms in total. The fourth-order valence-corrected chi connectivity index (χ4v) is 1.72. The number of benzene rings is 1. The van der Waals surface area contributed by atoms with Crippen LogP contribution >= 0.6 is 11.8 Å². The lowest BCUT2D eigenvalue weighted by molar-refractivity contribution is 0.0697. The number of aromatic carboxylic acids is 1. The van der Waals surface area contributed by atoms with E-state index in [4.69, 9.17) is 9.63 Å². The molecule has 2 rings (SSSR count). The van der Waals surface area contributed by atoms with E-state index in [9.17, 15) is 4.79 Å². The first-order chi connectivity index (χ1) is 8.20. The zero-order chi connectivity index (χ0) is 12.3. The van der Waals surface area contributed by atoms with Crippen LogP contribution in [-0.2, 0) is 5.75 Å². The van der Waals surface area contributed by atoms with Crippen molar-refractivity contribution in [1.82, 2.24) is 10.1 Å². The van der Waals surface area contributed by atoms with Crippen LogP contribution in [0.25, 0.3) is 11.5 Å². The van der Waals surface area contributed by atoms with Crippen molar-refractivity contribution in [2.75, 3.05) is 6.26 Å². The molecule has 17 heavy (non-hydrogen) atoms. The summed E-state index contributed by atoms with van der Waals surface area (Å²) in [5.41, 5.74) is 0.817. The number of nitrogens with zero attached hydrogens (tertiary/aromatic N) is 2. The van der Waals surface area contributed by atoms with E-state index in [1.807, 2.05) is 6.26 Å². The predicted octanol–water partition coefficient (Wildman–Crippen LogP) is 2.30. The number of carboxylic acid groups (broad SMARTS) is 1. The van der Waals surface area contributed by atoms with Gasteiger partial charge in [0.2, 0.25) is 0 Å². The molecule has 2 aromatic rings. The Balaban J connectivity index is 2.32. The number of carboxylic acids is 1. The summed E-state index contributed by atoms with van der Waals surface area (Å²) in [6.07, 6.45) is 1.95. The van der Waals surface area contributed by atoms with Crippen molar-refractivity contribution in [2.45, 2.75) is 5.75 Å². The van der Waals surface area contributed by atoms with Crippen molar-refractivity contribution in [3.63, 3.8) is 0 Å². The molecule has 0 aliphatic carbocycles. The summed E-state index contributed by atoms with van der Waals surface area (Å²) in [6.45, 7) is 0. The highest BCUT2D eigenvalue weighted by Crippen LogP contribution is 2.19. The van der Waals surface area contributed by atoms with Crippen molar-refractivity contribution in [1.29, 1.82) is 0 Å². The van der Waals surface area contributed by atoms with E-state index < -0.39 is 5.97 Å². The highest BCUT2D eigenvalue weighted by Gasteiger charge is 2.10. The third-order valence-electron chi connectivity index (χ3n) is 2.10. The normalized spacial score (nSPS) is 10.4. The van der Waals surface area contributed by atoms with Gasteiger partial charge in [-0.1, -0.05) is 11.2 Å². The topological polar surface area (TPSA) is 76.2 Å². The van der Waals surface area contributed by atoms with Crippen molar-refractivity contribution in [2.24, 2.45) is 0 Å². The zero-order valence-corrected chi connectivity index (χ0v) is 9.90. The maximum atomic E-state index is 10.8. The summed E-state index contributed by atoms with van der Waals surface area (Å²) in [5.74, 6) is 0.642. The van der Waals surface area contributed by atoms with E-state index in [1.165, 1.54) is 12.1 Å². The van der Waals surface area contributed by atoms with Gasteiger partial charge in [-0.15, -0.1) is 0 Å². The van der Waals surface area contributed by atoms with Crippen LogP contribution in [0.5, 0.6) is 0 Å². The number of hydrogen-bond donors (Lipinski definition) is 1. The molecule has 0 saturated carbocycles. The first-order valence-corrected chi connectivity index (χ1v) is 6.25. The van der Waals surface area contributed by atoms with E-state index in [0.29, 0.717) is 23.0 Å². The first-order valence-electron chi connectivity index (χ1n) is 4.86. The van der Waals surface area contributed by atoms with E-state index in [2.05, 4.69) is 10.1 Å². The van der Waals surface area contributed by atoms with Crippen molar-refractivity contribution in [3.8, 4) is 11.5 Å². The Labute approximate surface area is 102 Å². The van der Waals surface area contributed by atoms with E-state index in [1.54, 1.807) is 23.9 Å². The molecule has 1 N–H and O–H groups in total. The number of aromatic nitrogens is 2. The lowest BCUT2D eigenvalue weighted by Gasteiger charge is -1.96. The summed E-state index contributed by atoms with van der Waals surface area (Å²) >= 11 is 1.59. The highest BCUT2D eigenvalue weighted by atomic mass is 32.2. The predicted molar refractivity (Wildman–Crippen MR) is 63.9 cm³/mol. The lowest BCUT2D eigenvalue weighted by Crippen LogP contribution is -1.95. The van der Waals surface area contributed by atoms with Crippen molar-refractivity contribution < 1.29 is 14.4 Å². The summed E-state index contributed by atoms with van der Waals surface area (Å²) in [5, 5.41) is 12.7. The minimum atomic E-state index is -0.976. The fourth-order valence-electron chi connectivity index (χ4n) is 1.34. The quantitative estimate of drug-likeness (QED) is 0.897. The summed E-state index contributed by atoms with van der Waals surface area (Å²) in [4.78, 5) is 15.0. The maximum Gasteiger partial charge on any atom is 0.335 e. The molecular formula is C11H10N2O3S. The van der Waals surface area contributed by atoms with Gasteiger partial charge in [0, 0.05) is 5.56 Å². The maximum absolute atomic E-state index is 10.8. The minimum absolute atomic E-state index is 0.201. The fraction of sp³-hybridized carbons (Fsp3) is 0.182. The Morgan fingerprint density at radius 1 is 1.53 bits per heavy atom. The number of carbonyl (C=O) groups is 1. The average Bonchev–Trinajstić information content (AvgIpc) is 2.78. The molecule has 1 heterocycles. The van der Waals surface area contributed by atoms with Gasteiger partial charge in [0.15, 0.2) is 5.82 Å². The van der Waals surface area contributed by atoms with Gasteiger partial charge in [0.1, 0.15) is 0 Å². The number of thioether (sulfide) groups is 1. The third-order valence-corrected chi connectivity index (χ3v) is 2.64. The van der Waals surface area contributed by atoms with Gasteiger partial charge in [-0.2, -0.15) is 16.7 Å². The molecule has 0 radical (unpaired) electrons. The summed E-state index contributed by atoms with van der Waals surface area (Å²) in [6, 6.07) is 6.42. The number of hydrogen-bond acceptors (Lipinski definition) is 5. The second kappa shape index (κ2) is 5.01. The van der Waals surface area contributed by atoms with E-state index in [-0.39, 0.29) is 5.56 Å². The molecule has 1 aromatic heterocycles. The van der Waals surface area contributed by atoms with Crippen LogP contribution in [0.15, 0.2) is 28.8 Å². The van der Waals surface area contributed by atoms with Gasteiger partial charge in [-0.3, -0.25) is 0 Å². The van der Waals surface area contributed by atoms with Gasteiger partial charge < -0.3 is 9.63 Å². The molecule has 88 valence electrons. The van der Waals surface area contributed by atoms with Crippen LogP contribution in [0.4, 0.5) is 0 Å². The van der Waals surface area contributed by atoms with E-state index >= 15 is 0 Å². The molecule has 0 atom stereocenters. The molecule has 0 unspecified atom stereocenters. The van der Waals surface area contributed by atoms with Crippen LogP contribution in [0.1, 0.15) is 16.2 Å². The van der Waals surface area contributed by atoms with Crippen LogP contribution in [0.3, 0.4) is 0 Å². The molecule has 0 amide bonds. The Morgan fingerprint density at radius 2 is 2.35 bits per heavy atom. The van der Waals surface area contributed by atoms with Gasteiger partial charge in [-0.05, 0) is 24.5 Å². The molecule has 1 aromatic carbocycles. The molecule has 6 heteroatoms. The molecule has 0 saturated heterocycles. The van der Waals surface area contributed by atoms with Crippen molar-refractivity contribution in [3.05, 3.63) is 35.7 Å². The Bertz CT molecular complexity index is 539. The van der Waals surface area contributed by atoms with Crippen LogP contribution in [0, 0.1) is 0 Å². The molecule has 0 bridgehead atoms. The smallest absolute Gasteiger partial charge is 0.335 e. The Hall–Kier alpha value is -1.82. The second-order valence-electron chi connectivity index (χ2n) is 3.33. The van der Waals surface area contributed by atoms with Crippen LogP contribution in [-0.4, -0.2) is 27.5 Å².